The van der Waals surface area contributed by atoms with Crippen molar-refractivity contribution < 1.29 is 14.0 Å². The molecule has 6 heteroatoms. The highest BCUT2D eigenvalue weighted by atomic mass is 19.1. The van der Waals surface area contributed by atoms with Crippen molar-refractivity contribution in [3.8, 4) is 0 Å². The van der Waals surface area contributed by atoms with Gasteiger partial charge >= 0.3 is 0 Å². The average molecular weight is 429 g/mol. The summed E-state index contributed by atoms with van der Waals surface area (Å²) in [6, 6.07) is 18.5. The number of amides is 2. The Labute approximate surface area is 186 Å². The number of nitrogens with zero attached hydrogens (tertiary/aromatic N) is 2. The van der Waals surface area contributed by atoms with Crippen LogP contribution in [0.1, 0.15) is 16.7 Å². The third-order valence-electron chi connectivity index (χ3n) is 5.71. The molecule has 0 saturated heterocycles. The second kappa shape index (κ2) is 8.30. The van der Waals surface area contributed by atoms with Crippen molar-refractivity contribution in [2.24, 2.45) is 0 Å². The summed E-state index contributed by atoms with van der Waals surface area (Å²) in [5, 5.41) is 3.19. The highest BCUT2D eigenvalue weighted by Crippen LogP contribution is 2.35. The first-order valence-corrected chi connectivity index (χ1v) is 10.3. The van der Waals surface area contributed by atoms with Crippen LogP contribution in [0.2, 0.25) is 0 Å². The summed E-state index contributed by atoms with van der Waals surface area (Å²) in [5.74, 6) is -1.31. The molecule has 1 aliphatic heterocycles. The van der Waals surface area contributed by atoms with E-state index in [0.717, 1.165) is 27.4 Å². The van der Waals surface area contributed by atoms with E-state index < -0.39 is 17.6 Å². The molecule has 0 aromatic heterocycles. The van der Waals surface area contributed by atoms with Crippen LogP contribution in [0.15, 0.2) is 72.4 Å². The summed E-state index contributed by atoms with van der Waals surface area (Å²) < 4.78 is 13.5. The van der Waals surface area contributed by atoms with Crippen molar-refractivity contribution in [1.29, 1.82) is 0 Å². The standard InChI is InChI=1S/C26H24FN3O2/c1-16-6-5-7-22(17(16)2)28-24-23(18-8-10-19(27)11-9-18)25(31)30(26(24)32)21-14-12-20(13-15-21)29(3)4/h5-15,28H,1-4H3. The molecule has 0 spiro atoms. The molecule has 4 rings (SSSR count). The molecular weight excluding hydrogens is 405 g/mol. The second-order valence-electron chi connectivity index (χ2n) is 7.99. The lowest BCUT2D eigenvalue weighted by Gasteiger charge is -2.18. The SMILES string of the molecule is Cc1cccc(NC2=C(c3ccc(F)cc3)C(=O)N(c3ccc(N(C)C)cc3)C2=O)c1C. The molecule has 32 heavy (non-hydrogen) atoms. The number of nitrogens with one attached hydrogen (secondary N) is 1. The van der Waals surface area contributed by atoms with Gasteiger partial charge in [-0.15, -0.1) is 0 Å². The van der Waals surface area contributed by atoms with Crippen LogP contribution in [0.25, 0.3) is 5.57 Å². The van der Waals surface area contributed by atoms with E-state index in [4.69, 9.17) is 0 Å². The minimum atomic E-state index is -0.452. The number of hydrogen-bond donors (Lipinski definition) is 1. The molecule has 1 aliphatic rings. The molecule has 3 aromatic rings. The molecule has 0 aliphatic carbocycles. The summed E-state index contributed by atoms with van der Waals surface area (Å²) in [4.78, 5) is 30.1. The number of imide groups is 1. The van der Waals surface area contributed by atoms with Gasteiger partial charge in [0.1, 0.15) is 11.5 Å². The lowest BCUT2D eigenvalue weighted by atomic mass is 10.0. The van der Waals surface area contributed by atoms with E-state index in [-0.39, 0.29) is 11.3 Å². The van der Waals surface area contributed by atoms with Crippen LogP contribution in [0.4, 0.5) is 21.5 Å². The molecule has 0 radical (unpaired) electrons. The number of carbonyl (C=O) groups is 2. The van der Waals surface area contributed by atoms with Crippen LogP contribution in [0.3, 0.4) is 0 Å². The molecule has 2 amide bonds. The van der Waals surface area contributed by atoms with Crippen molar-refractivity contribution in [2.45, 2.75) is 13.8 Å². The van der Waals surface area contributed by atoms with Crippen LogP contribution in [-0.2, 0) is 9.59 Å². The highest BCUT2D eigenvalue weighted by molar-refractivity contribution is 6.46. The van der Waals surface area contributed by atoms with Gasteiger partial charge in [0.15, 0.2) is 0 Å². The third kappa shape index (κ3) is 3.75. The maximum absolute atomic E-state index is 13.5. The van der Waals surface area contributed by atoms with E-state index in [1.807, 2.05) is 63.2 Å². The molecule has 0 saturated carbocycles. The number of aryl methyl sites for hydroxylation is 1. The number of carbonyl (C=O) groups excluding carboxylic acids is 2. The minimum Gasteiger partial charge on any atom is -0.378 e. The Bertz CT molecular complexity index is 1230. The number of halogens is 1. The van der Waals surface area contributed by atoms with Crippen molar-refractivity contribution in [1.82, 2.24) is 0 Å². The Morgan fingerprint density at radius 3 is 2.12 bits per heavy atom. The monoisotopic (exact) mass is 429 g/mol. The molecule has 3 aromatic carbocycles. The highest BCUT2D eigenvalue weighted by Gasteiger charge is 2.40. The summed E-state index contributed by atoms with van der Waals surface area (Å²) in [6.45, 7) is 3.94. The van der Waals surface area contributed by atoms with Crippen molar-refractivity contribution >= 4 is 34.4 Å². The Hall–Kier alpha value is -3.93. The van der Waals surface area contributed by atoms with Gasteiger partial charge in [0, 0.05) is 25.5 Å². The number of anilines is 3. The quantitative estimate of drug-likeness (QED) is 0.586. The van der Waals surface area contributed by atoms with Crippen molar-refractivity contribution in [2.75, 3.05) is 29.2 Å². The first kappa shape index (κ1) is 21.3. The lowest BCUT2D eigenvalue weighted by molar-refractivity contribution is -0.120. The summed E-state index contributed by atoms with van der Waals surface area (Å²) in [6.07, 6.45) is 0. The van der Waals surface area contributed by atoms with Gasteiger partial charge in [0.05, 0.1) is 11.3 Å². The Morgan fingerprint density at radius 1 is 0.844 bits per heavy atom. The van der Waals surface area contributed by atoms with Gasteiger partial charge in [-0.25, -0.2) is 9.29 Å². The maximum Gasteiger partial charge on any atom is 0.282 e. The fraction of sp³-hybridized carbons (Fsp3) is 0.154. The van der Waals surface area contributed by atoms with Crippen LogP contribution >= 0.6 is 0 Å². The van der Waals surface area contributed by atoms with E-state index >= 15 is 0 Å². The molecule has 1 heterocycles. The van der Waals surface area contributed by atoms with E-state index in [2.05, 4.69) is 5.32 Å². The zero-order valence-corrected chi connectivity index (χ0v) is 18.4. The molecule has 0 fully saturated rings. The van der Waals surface area contributed by atoms with E-state index in [0.29, 0.717) is 11.3 Å². The first-order valence-electron chi connectivity index (χ1n) is 10.3. The van der Waals surface area contributed by atoms with Crippen LogP contribution in [-0.4, -0.2) is 25.9 Å². The summed E-state index contributed by atoms with van der Waals surface area (Å²) in [7, 11) is 3.84. The van der Waals surface area contributed by atoms with Crippen molar-refractivity contribution in [3.05, 3.63) is 94.9 Å². The van der Waals surface area contributed by atoms with Crippen LogP contribution < -0.4 is 15.1 Å². The first-order chi connectivity index (χ1) is 15.3. The van der Waals surface area contributed by atoms with Gasteiger partial charge in [0.2, 0.25) is 0 Å². The second-order valence-corrected chi connectivity index (χ2v) is 7.99. The average Bonchev–Trinajstić information content (AvgIpc) is 3.01. The maximum atomic E-state index is 13.5. The summed E-state index contributed by atoms with van der Waals surface area (Å²) >= 11 is 0. The minimum absolute atomic E-state index is 0.173. The molecule has 0 atom stereocenters. The van der Waals surface area contributed by atoms with Gasteiger partial charge in [-0.05, 0) is 73.0 Å². The van der Waals surface area contributed by atoms with E-state index in [9.17, 15) is 14.0 Å². The number of rotatable bonds is 5. The molecule has 162 valence electrons. The fourth-order valence-electron chi connectivity index (χ4n) is 3.69. The Morgan fingerprint density at radius 2 is 1.50 bits per heavy atom. The lowest BCUT2D eigenvalue weighted by Crippen LogP contribution is -2.32. The fourth-order valence-corrected chi connectivity index (χ4v) is 3.69. The third-order valence-corrected chi connectivity index (χ3v) is 5.71. The topological polar surface area (TPSA) is 52.7 Å². The van der Waals surface area contributed by atoms with Gasteiger partial charge in [-0.2, -0.15) is 0 Å². The predicted octanol–water partition coefficient (Wildman–Crippen LogP) is 4.91. The van der Waals surface area contributed by atoms with Gasteiger partial charge in [-0.1, -0.05) is 24.3 Å². The largest absolute Gasteiger partial charge is 0.378 e. The Balaban J connectivity index is 1.81. The smallest absolute Gasteiger partial charge is 0.282 e. The summed E-state index contributed by atoms with van der Waals surface area (Å²) in [5.41, 5.74) is 5.07. The predicted molar refractivity (Wildman–Crippen MR) is 126 cm³/mol. The van der Waals surface area contributed by atoms with Gasteiger partial charge in [-0.3, -0.25) is 9.59 Å². The molecule has 0 bridgehead atoms. The molecule has 0 unspecified atom stereocenters. The molecular formula is C26H24FN3O2. The molecule has 1 N–H and O–H groups in total. The normalized spacial score (nSPS) is 13.7. The van der Waals surface area contributed by atoms with E-state index in [1.165, 1.54) is 24.3 Å². The van der Waals surface area contributed by atoms with E-state index in [1.54, 1.807) is 12.1 Å². The van der Waals surface area contributed by atoms with Crippen molar-refractivity contribution in [3.63, 3.8) is 0 Å². The molecule has 5 nitrogen and oxygen atoms in total. The van der Waals surface area contributed by atoms with Gasteiger partial charge in [0.25, 0.3) is 11.8 Å². The van der Waals surface area contributed by atoms with Crippen LogP contribution in [0, 0.1) is 19.7 Å². The van der Waals surface area contributed by atoms with Gasteiger partial charge < -0.3 is 10.2 Å². The zero-order chi connectivity index (χ0) is 23.0. The number of hydrogen-bond acceptors (Lipinski definition) is 4. The Kier molecular flexibility index (Phi) is 5.53. The number of benzene rings is 3. The zero-order valence-electron chi connectivity index (χ0n) is 18.4. The van der Waals surface area contributed by atoms with Crippen LogP contribution in [0.5, 0.6) is 0 Å².